The average Bonchev–Trinajstić information content (AvgIpc) is 3.33. The van der Waals surface area contributed by atoms with E-state index in [0.717, 1.165) is 18.5 Å². The van der Waals surface area contributed by atoms with Gasteiger partial charge in [-0.3, -0.25) is 4.78 Å². The summed E-state index contributed by atoms with van der Waals surface area (Å²) in [5.74, 6) is 7.01. The molecule has 8 nitrogen and oxygen atoms in total. The summed E-state index contributed by atoms with van der Waals surface area (Å²) < 4.78 is 90.4. The number of halogens is 3. The molecule has 0 amide bonds. The van der Waals surface area contributed by atoms with E-state index in [-0.39, 0.29) is 24.2 Å². The van der Waals surface area contributed by atoms with Crippen molar-refractivity contribution in [1.82, 2.24) is 0 Å². The third-order valence-electron chi connectivity index (χ3n) is 7.87. The Hall–Kier alpha value is -2.99. The number of thiophene rings is 1. The molecule has 1 unspecified atom stereocenters. The van der Waals surface area contributed by atoms with Crippen molar-refractivity contribution >= 4 is 52.3 Å². The van der Waals surface area contributed by atoms with E-state index in [1.54, 1.807) is 36.6 Å². The Bertz CT molecular complexity index is 1820. The van der Waals surface area contributed by atoms with Gasteiger partial charge in [0.15, 0.2) is 0 Å². The summed E-state index contributed by atoms with van der Waals surface area (Å²) in [6, 6.07) is 10.4. The molecule has 2 fully saturated rings. The molecule has 2 aliphatic heterocycles. The van der Waals surface area contributed by atoms with Gasteiger partial charge in [-0.05, 0) is 60.9 Å². The van der Waals surface area contributed by atoms with E-state index in [0.29, 0.717) is 68.9 Å². The van der Waals surface area contributed by atoms with Crippen LogP contribution in [-0.4, -0.2) is 71.3 Å². The number of alkyl halides is 3. The van der Waals surface area contributed by atoms with E-state index >= 15 is 0 Å². The van der Waals surface area contributed by atoms with Gasteiger partial charge in [0.2, 0.25) is 0 Å². The molecule has 2 aromatic carbocycles. The lowest BCUT2D eigenvalue weighted by atomic mass is 10.1. The van der Waals surface area contributed by atoms with Crippen LogP contribution in [0.3, 0.4) is 0 Å². The van der Waals surface area contributed by atoms with Crippen LogP contribution in [-0.2, 0) is 30.6 Å². The Morgan fingerprint density at radius 1 is 1.16 bits per heavy atom. The van der Waals surface area contributed by atoms with Gasteiger partial charge in [0.25, 0.3) is 0 Å². The van der Waals surface area contributed by atoms with Crippen molar-refractivity contribution in [3.63, 3.8) is 0 Å². The number of nitrogens with zero attached hydrogens (tertiary/aromatic N) is 1. The molecule has 5 rings (SSSR count). The predicted molar refractivity (Wildman–Crippen MR) is 176 cm³/mol. The van der Waals surface area contributed by atoms with Gasteiger partial charge in [0, 0.05) is 46.7 Å². The molecule has 0 aliphatic carbocycles. The van der Waals surface area contributed by atoms with Gasteiger partial charge in [-0.15, -0.1) is 11.3 Å². The first-order chi connectivity index (χ1) is 21.3. The molecule has 3 heterocycles. The minimum atomic E-state index is -4.41. The van der Waals surface area contributed by atoms with Crippen LogP contribution in [0.5, 0.6) is 5.75 Å². The van der Waals surface area contributed by atoms with Crippen LogP contribution in [0.1, 0.15) is 36.1 Å². The summed E-state index contributed by atoms with van der Waals surface area (Å²) in [7, 11) is -3.69. The fourth-order valence-corrected chi connectivity index (χ4v) is 9.74. The van der Waals surface area contributed by atoms with E-state index in [4.69, 9.17) is 14.3 Å². The molecule has 2 saturated heterocycles. The highest BCUT2D eigenvalue weighted by molar-refractivity contribution is 7.93. The van der Waals surface area contributed by atoms with E-state index in [1.807, 2.05) is 6.07 Å². The number of ether oxygens (including phenoxy) is 2. The molecule has 14 heteroatoms. The van der Waals surface area contributed by atoms with Gasteiger partial charge < -0.3 is 20.1 Å². The van der Waals surface area contributed by atoms with Crippen molar-refractivity contribution < 1.29 is 31.1 Å². The number of fused-ring (bicyclic) bond motifs is 1. The monoisotopic (exact) mass is 682 g/mol. The summed E-state index contributed by atoms with van der Waals surface area (Å²) in [6.07, 6.45) is -1.27. The van der Waals surface area contributed by atoms with Gasteiger partial charge >= 0.3 is 6.18 Å². The first-order valence-corrected chi connectivity index (χ1v) is 19.3. The highest BCUT2D eigenvalue weighted by Crippen LogP contribution is 2.39. The molecule has 244 valence electrons. The maximum absolute atomic E-state index is 13.7. The molecule has 0 radical (unpaired) electrons. The van der Waals surface area contributed by atoms with Crippen LogP contribution in [0.4, 0.5) is 24.5 Å². The van der Waals surface area contributed by atoms with Crippen molar-refractivity contribution in [3.05, 3.63) is 46.8 Å². The van der Waals surface area contributed by atoms with Crippen molar-refractivity contribution in [1.29, 1.82) is 4.78 Å². The lowest BCUT2D eigenvalue weighted by molar-refractivity contribution is -0.126. The van der Waals surface area contributed by atoms with E-state index in [2.05, 4.69) is 26.8 Å². The van der Waals surface area contributed by atoms with Crippen LogP contribution < -0.4 is 15.4 Å². The molecule has 2 aliphatic rings. The molecule has 3 aromatic rings. The van der Waals surface area contributed by atoms with Crippen molar-refractivity contribution in [3.8, 4) is 17.6 Å². The molecule has 45 heavy (non-hydrogen) atoms. The van der Waals surface area contributed by atoms with Crippen LogP contribution in [0.2, 0.25) is 0 Å². The second-order valence-electron chi connectivity index (χ2n) is 11.3. The lowest BCUT2D eigenvalue weighted by Crippen LogP contribution is -2.31. The van der Waals surface area contributed by atoms with Crippen LogP contribution in [0, 0.1) is 16.6 Å². The quantitative estimate of drug-likeness (QED) is 0.227. The minimum absolute atomic E-state index is 0.000376. The minimum Gasteiger partial charge on any atom is -0.495 e. The normalized spacial score (nSPS) is 22.2. The van der Waals surface area contributed by atoms with Gasteiger partial charge in [0.1, 0.15) is 5.75 Å². The molecule has 0 bridgehead atoms. The number of nitrogens with one attached hydrogen (secondary N) is 3. The second-order valence-corrected chi connectivity index (χ2v) is 17.0. The highest BCUT2D eigenvalue weighted by atomic mass is 32.2. The van der Waals surface area contributed by atoms with E-state index < -0.39 is 32.1 Å². The Balaban J connectivity index is 1.35. The summed E-state index contributed by atoms with van der Waals surface area (Å²) >= 11 is 1.22. The number of hydrogen-bond acceptors (Lipinski definition) is 9. The number of methoxy groups -OCH3 is 1. The Kier molecular flexibility index (Phi) is 10.2. The largest absolute Gasteiger partial charge is 0.495 e. The third-order valence-corrected chi connectivity index (χ3v) is 12.7. The SMILES string of the molecule is COc1cc(S(C)(=O)=NC2CCOCC2)ccc1NCC#Cc1sc2c(NC3CCS(=N)(=O)CC3)cccc2c1CC(F)(F)F. The summed E-state index contributed by atoms with van der Waals surface area (Å²) in [6.45, 7) is 1.35. The molecule has 0 saturated carbocycles. The van der Waals surface area contributed by atoms with Crippen molar-refractivity contribution in [2.45, 2.75) is 55.3 Å². The van der Waals surface area contributed by atoms with Crippen LogP contribution >= 0.6 is 11.3 Å². The van der Waals surface area contributed by atoms with E-state index in [9.17, 15) is 21.6 Å². The summed E-state index contributed by atoms with van der Waals surface area (Å²) in [4.78, 5) is 0.898. The number of anilines is 2. The summed E-state index contributed by atoms with van der Waals surface area (Å²) in [5, 5.41) is 7.08. The Morgan fingerprint density at radius 2 is 1.89 bits per heavy atom. The van der Waals surface area contributed by atoms with Crippen LogP contribution in [0.15, 0.2) is 45.7 Å². The smallest absolute Gasteiger partial charge is 0.393 e. The third kappa shape index (κ3) is 8.64. The fraction of sp³-hybridized carbons (Fsp3) is 0.484. The lowest BCUT2D eigenvalue weighted by Gasteiger charge is -2.25. The molecule has 1 aromatic heterocycles. The zero-order valence-electron chi connectivity index (χ0n) is 25.1. The number of benzene rings is 2. The van der Waals surface area contributed by atoms with Crippen molar-refractivity contribution in [2.75, 3.05) is 55.3 Å². The zero-order chi connectivity index (χ0) is 32.2. The Morgan fingerprint density at radius 3 is 2.58 bits per heavy atom. The first kappa shape index (κ1) is 33.4. The molecular formula is C31H37F3N4O4S3. The Labute approximate surface area is 266 Å². The van der Waals surface area contributed by atoms with E-state index in [1.165, 1.54) is 18.4 Å². The average molecular weight is 683 g/mol. The maximum atomic E-state index is 13.7. The fourth-order valence-electron chi connectivity index (χ4n) is 5.49. The van der Waals surface area contributed by atoms with Gasteiger partial charge in [0.05, 0.1) is 61.7 Å². The first-order valence-electron chi connectivity index (χ1n) is 14.7. The predicted octanol–water partition coefficient (Wildman–Crippen LogP) is 6.74. The highest BCUT2D eigenvalue weighted by Gasteiger charge is 2.31. The topological polar surface area (TPSA) is 113 Å². The van der Waals surface area contributed by atoms with Gasteiger partial charge in [-0.2, -0.15) is 13.2 Å². The molecule has 3 N–H and O–H groups in total. The number of rotatable bonds is 8. The maximum Gasteiger partial charge on any atom is 0.393 e. The number of hydrogen-bond donors (Lipinski definition) is 3. The standard InChI is InChI=1S/C31H37F3N4O4S3/c1-41-28-19-23(44(2,39)38-22-10-15-42-16-11-22)8-9-26(28)36-14-4-7-29-25(20-31(32,33)34)24-5-3-6-27(30(24)43-29)37-21-12-17-45(35,40)18-13-21/h3,5-6,8-9,19,21-22,35-37H,10-18,20H2,1-2H3. The zero-order valence-corrected chi connectivity index (χ0v) is 27.6. The van der Waals surface area contributed by atoms with Crippen molar-refractivity contribution in [2.24, 2.45) is 4.36 Å². The van der Waals surface area contributed by atoms with Gasteiger partial charge in [-0.25, -0.2) is 12.8 Å². The molecule has 0 spiro atoms. The molecule has 1 atom stereocenters. The van der Waals surface area contributed by atoms with Crippen LogP contribution in [0.25, 0.3) is 10.1 Å². The van der Waals surface area contributed by atoms with Gasteiger partial charge in [-0.1, -0.05) is 24.0 Å². The second kappa shape index (κ2) is 13.8. The summed E-state index contributed by atoms with van der Waals surface area (Å²) in [5.41, 5.74) is 1.47. The molecular weight excluding hydrogens is 646 g/mol.